The highest BCUT2D eigenvalue weighted by molar-refractivity contribution is 6.67. The molecule has 1 heterocycles. The minimum Gasteiger partial charge on any atom is -0.470 e. The van der Waals surface area contributed by atoms with Crippen LogP contribution < -0.4 is 0 Å². The van der Waals surface area contributed by atoms with E-state index in [0.717, 1.165) is 5.56 Å². The summed E-state index contributed by atoms with van der Waals surface area (Å²) in [7, 11) is 2.90. The van der Waals surface area contributed by atoms with Gasteiger partial charge in [0.05, 0.1) is 0 Å². The van der Waals surface area contributed by atoms with Crippen molar-refractivity contribution in [3.63, 3.8) is 0 Å². The van der Waals surface area contributed by atoms with Crippen LogP contribution in [0.3, 0.4) is 0 Å². The molecule has 0 saturated heterocycles. The Morgan fingerprint density at radius 2 is 1.72 bits per heavy atom. The monoisotopic (exact) mass is 447 g/mol. The fourth-order valence-corrected chi connectivity index (χ4v) is 2.56. The van der Waals surface area contributed by atoms with Crippen molar-refractivity contribution in [2.45, 2.75) is 40.4 Å². The first-order chi connectivity index (χ1) is 15.5. The van der Waals surface area contributed by atoms with Crippen LogP contribution >= 0.6 is 0 Å². The van der Waals surface area contributed by atoms with E-state index >= 15 is 0 Å². The van der Waals surface area contributed by atoms with E-state index in [0.29, 0.717) is 41.6 Å². The van der Waals surface area contributed by atoms with E-state index in [-0.39, 0.29) is 18.6 Å². The first-order valence-corrected chi connectivity index (χ1v) is 9.99. The van der Waals surface area contributed by atoms with Gasteiger partial charge in [-0.25, -0.2) is 0 Å². The summed E-state index contributed by atoms with van der Waals surface area (Å²) in [5.74, 6) is 0.233. The van der Waals surface area contributed by atoms with Crippen molar-refractivity contribution in [2.24, 2.45) is 25.8 Å². The summed E-state index contributed by atoms with van der Waals surface area (Å²) in [5, 5.41) is 20.2. The summed E-state index contributed by atoms with van der Waals surface area (Å²) in [4.78, 5) is 25.9. The Hall–Kier alpha value is -3.63. The van der Waals surface area contributed by atoms with E-state index in [1.54, 1.807) is 13.8 Å². The third-order valence-electron chi connectivity index (χ3n) is 3.91. The van der Waals surface area contributed by atoms with Gasteiger partial charge in [-0.2, -0.15) is 0 Å². The quantitative estimate of drug-likeness (QED) is 0.380. The van der Waals surface area contributed by atoms with E-state index in [1.807, 2.05) is 38.1 Å². The molecule has 1 aliphatic rings. The van der Waals surface area contributed by atoms with Crippen LogP contribution in [0.15, 0.2) is 50.0 Å². The maximum absolute atomic E-state index is 5.60. The number of benzene rings is 1. The molecule has 0 amide bonds. The summed E-state index contributed by atoms with van der Waals surface area (Å²) < 4.78 is 5.56. The second-order valence-corrected chi connectivity index (χ2v) is 6.76. The van der Waals surface area contributed by atoms with Crippen LogP contribution in [-0.4, -0.2) is 62.3 Å². The lowest BCUT2D eigenvalue weighted by molar-refractivity contribution is 0.0672. The molecule has 0 bridgehead atoms. The molecule has 11 nitrogen and oxygen atoms in total. The summed E-state index contributed by atoms with van der Waals surface area (Å²) in [5.41, 5.74) is 3.28. The summed E-state index contributed by atoms with van der Waals surface area (Å²) >= 11 is 0. The standard InChI is InChI=1S/C21H29N5O6/c1-14(2)32-25-19(15(3)22-27-5)16(4)23-31-13-17-9-7-8-10-18(17)20(24-28-6)21-26-30-12-11-29-21/h7-10,14H,11-13H2,1-6H3/b22-15+,23-16+,24-20+,25-19+. The molecule has 2 rings (SSSR count). The van der Waals surface area contributed by atoms with Gasteiger partial charge in [0, 0.05) is 11.1 Å². The van der Waals surface area contributed by atoms with Crippen molar-refractivity contribution in [1.29, 1.82) is 0 Å². The molecule has 0 atom stereocenters. The molecular formula is C21H29N5O6. The van der Waals surface area contributed by atoms with Crippen molar-refractivity contribution >= 4 is 28.7 Å². The Balaban J connectivity index is 2.24. The zero-order valence-electron chi connectivity index (χ0n) is 19.2. The maximum atomic E-state index is 5.60. The van der Waals surface area contributed by atoms with Crippen molar-refractivity contribution < 1.29 is 28.9 Å². The summed E-state index contributed by atoms with van der Waals surface area (Å²) in [6, 6.07) is 7.47. The molecule has 0 spiro atoms. The van der Waals surface area contributed by atoms with Crippen LogP contribution in [0.4, 0.5) is 0 Å². The van der Waals surface area contributed by atoms with Gasteiger partial charge in [0.2, 0.25) is 0 Å². The van der Waals surface area contributed by atoms with Crippen LogP contribution in [0.1, 0.15) is 38.8 Å². The van der Waals surface area contributed by atoms with Gasteiger partial charge in [-0.3, -0.25) is 0 Å². The lowest BCUT2D eigenvalue weighted by atomic mass is 10.0. The third-order valence-corrected chi connectivity index (χ3v) is 3.91. The predicted molar refractivity (Wildman–Crippen MR) is 121 cm³/mol. The summed E-state index contributed by atoms with van der Waals surface area (Å²) in [6.45, 7) is 8.10. The van der Waals surface area contributed by atoms with Crippen molar-refractivity contribution in [3.8, 4) is 0 Å². The third kappa shape index (κ3) is 7.25. The lowest BCUT2D eigenvalue weighted by Crippen LogP contribution is -2.26. The van der Waals surface area contributed by atoms with Crippen LogP contribution in [0, 0.1) is 0 Å². The molecule has 32 heavy (non-hydrogen) atoms. The van der Waals surface area contributed by atoms with Gasteiger partial charge in [0.15, 0.2) is 18.0 Å². The fraction of sp³-hybridized carbons (Fsp3) is 0.476. The molecule has 1 aromatic rings. The molecule has 0 fully saturated rings. The smallest absolute Gasteiger partial charge is 0.280 e. The Bertz CT molecular complexity index is 908. The largest absolute Gasteiger partial charge is 0.470 e. The minimum atomic E-state index is -0.103. The van der Waals surface area contributed by atoms with E-state index in [2.05, 4.69) is 25.8 Å². The van der Waals surface area contributed by atoms with Crippen molar-refractivity contribution in [2.75, 3.05) is 27.4 Å². The van der Waals surface area contributed by atoms with Gasteiger partial charge in [-0.05, 0) is 32.9 Å². The van der Waals surface area contributed by atoms with Crippen LogP contribution in [0.5, 0.6) is 0 Å². The Morgan fingerprint density at radius 1 is 1.00 bits per heavy atom. The molecule has 0 N–H and O–H groups in total. The van der Waals surface area contributed by atoms with Gasteiger partial charge >= 0.3 is 0 Å². The van der Waals surface area contributed by atoms with Crippen LogP contribution in [-0.2, 0) is 35.5 Å². The van der Waals surface area contributed by atoms with Crippen LogP contribution in [0.2, 0.25) is 0 Å². The van der Waals surface area contributed by atoms with Gasteiger partial charge in [-0.15, -0.1) is 0 Å². The summed E-state index contributed by atoms with van der Waals surface area (Å²) in [6.07, 6.45) is -0.103. The first-order valence-electron chi connectivity index (χ1n) is 9.99. The molecule has 1 aromatic carbocycles. The van der Waals surface area contributed by atoms with E-state index < -0.39 is 0 Å². The Labute approximate surface area is 187 Å². The van der Waals surface area contributed by atoms with E-state index in [9.17, 15) is 0 Å². The van der Waals surface area contributed by atoms with Gasteiger partial charge in [0.1, 0.15) is 45.0 Å². The number of rotatable bonds is 11. The molecule has 0 aliphatic carbocycles. The minimum absolute atomic E-state index is 0.103. The second-order valence-electron chi connectivity index (χ2n) is 6.76. The number of nitrogens with zero attached hydrogens (tertiary/aromatic N) is 5. The van der Waals surface area contributed by atoms with Crippen molar-refractivity contribution in [1.82, 2.24) is 0 Å². The molecule has 0 saturated carbocycles. The number of ether oxygens (including phenoxy) is 1. The van der Waals surface area contributed by atoms with Crippen LogP contribution in [0.25, 0.3) is 0 Å². The zero-order valence-corrected chi connectivity index (χ0v) is 19.2. The maximum Gasteiger partial charge on any atom is 0.280 e. The predicted octanol–water partition coefficient (Wildman–Crippen LogP) is 3.09. The second kappa shape index (κ2) is 12.9. The van der Waals surface area contributed by atoms with Gasteiger partial charge in [0.25, 0.3) is 5.90 Å². The number of oxime groups is 5. The Morgan fingerprint density at radius 3 is 2.38 bits per heavy atom. The van der Waals surface area contributed by atoms with Gasteiger partial charge in [-0.1, -0.05) is 44.9 Å². The Kier molecular flexibility index (Phi) is 9.95. The molecule has 0 radical (unpaired) electrons. The topological polar surface area (TPSA) is 117 Å². The molecule has 174 valence electrons. The highest BCUT2D eigenvalue weighted by atomic mass is 16.7. The number of hydrogen-bond donors (Lipinski definition) is 0. The molecule has 0 aromatic heterocycles. The fourth-order valence-electron chi connectivity index (χ4n) is 2.56. The zero-order chi connectivity index (χ0) is 23.3. The average Bonchev–Trinajstić information content (AvgIpc) is 2.78. The highest BCUT2D eigenvalue weighted by Crippen LogP contribution is 2.15. The van der Waals surface area contributed by atoms with E-state index in [1.165, 1.54) is 14.2 Å². The SMILES string of the molecule is CO/N=C(C)/C(=N\OC(C)C)C(/C)=N/OCc1ccccc1/C(=N\OC)C1=NOCCO1. The van der Waals surface area contributed by atoms with Crippen molar-refractivity contribution in [3.05, 3.63) is 35.4 Å². The molecule has 0 unspecified atom stereocenters. The lowest BCUT2D eigenvalue weighted by Gasteiger charge is -2.16. The normalized spacial score (nSPS) is 15.5. The average molecular weight is 447 g/mol. The molecule has 11 heteroatoms. The molecule has 1 aliphatic heterocycles. The van der Waals surface area contributed by atoms with Gasteiger partial charge < -0.3 is 28.9 Å². The number of hydrogen-bond acceptors (Lipinski definition) is 11. The first kappa shape index (κ1) is 24.6. The molecular weight excluding hydrogens is 418 g/mol. The highest BCUT2D eigenvalue weighted by Gasteiger charge is 2.21. The van der Waals surface area contributed by atoms with E-state index in [4.69, 9.17) is 28.9 Å².